The van der Waals surface area contributed by atoms with E-state index in [1.807, 2.05) is 18.2 Å². The number of imide groups is 1. The first-order valence-electron chi connectivity index (χ1n) is 10.0. The molecule has 0 aliphatic carbocycles. The number of hydrogen-bond donors (Lipinski definition) is 2. The Balaban J connectivity index is 1.47. The second-order valence-corrected chi connectivity index (χ2v) is 7.07. The van der Waals surface area contributed by atoms with E-state index in [-0.39, 0.29) is 31.2 Å². The van der Waals surface area contributed by atoms with Crippen LogP contribution in [0.5, 0.6) is 0 Å². The van der Waals surface area contributed by atoms with Gasteiger partial charge in [0.05, 0.1) is 36.9 Å². The van der Waals surface area contributed by atoms with E-state index in [0.717, 1.165) is 4.90 Å². The smallest absolute Gasteiger partial charge is 0.431 e. The summed E-state index contributed by atoms with van der Waals surface area (Å²) in [7, 11) is 0. The number of amides is 2. The van der Waals surface area contributed by atoms with Gasteiger partial charge >= 0.3 is 17.3 Å². The number of H-pyrrole nitrogens is 1. The van der Waals surface area contributed by atoms with Gasteiger partial charge in [0.1, 0.15) is 0 Å². The lowest BCUT2D eigenvalue weighted by molar-refractivity contribution is -0.677. The first-order valence-corrected chi connectivity index (χ1v) is 10.0. The summed E-state index contributed by atoms with van der Waals surface area (Å²) in [6.45, 7) is 1.97. The van der Waals surface area contributed by atoms with E-state index in [1.54, 1.807) is 19.1 Å². The molecule has 1 saturated heterocycles. The number of carbonyl (C=O) groups is 3. The molecule has 164 valence electrons. The zero-order valence-electron chi connectivity index (χ0n) is 17.2. The predicted octanol–water partition coefficient (Wildman–Crippen LogP) is 0.843. The fourth-order valence-electron chi connectivity index (χ4n) is 3.47. The molecule has 0 saturated carbocycles. The van der Waals surface area contributed by atoms with E-state index in [4.69, 9.17) is 9.26 Å². The average Bonchev–Trinajstić information content (AvgIpc) is 3.31. The first kappa shape index (κ1) is 21.2. The molecule has 3 aromatic rings. The predicted molar refractivity (Wildman–Crippen MR) is 111 cm³/mol. The highest BCUT2D eigenvalue weighted by Crippen LogP contribution is 2.23. The molecule has 2 N–H and O–H groups in total. The normalized spacial score (nSPS) is 15.9. The molecule has 1 atom stereocenters. The molecule has 10 heteroatoms. The molecule has 0 bridgehead atoms. The molecule has 4 rings (SSSR count). The number of nitrogens with one attached hydrogen (secondary N) is 2. The van der Waals surface area contributed by atoms with Crippen LogP contribution >= 0.6 is 0 Å². The topological polar surface area (TPSA) is 126 Å². The monoisotopic (exact) mass is 437 g/mol. The maximum atomic E-state index is 12.9. The standard InChI is InChI=1S/C22H20N4O6/c1-2-31-21(29)14-8-10-15(11-9-14)25-19(27)12-17(20(25)28)23-13-18-22(30)32-24-26(18)16-6-4-3-5-7-16/h3-11,17,23H,2,12-13H2,1H3/p+1. The van der Waals surface area contributed by atoms with Crippen LogP contribution in [0.25, 0.3) is 5.69 Å². The Morgan fingerprint density at radius 2 is 1.88 bits per heavy atom. The lowest BCUT2D eigenvalue weighted by Gasteiger charge is -2.15. The van der Waals surface area contributed by atoms with Gasteiger partial charge in [-0.1, -0.05) is 18.2 Å². The number of para-hydroxylation sites is 1. The van der Waals surface area contributed by atoms with Crippen molar-refractivity contribution in [2.24, 2.45) is 0 Å². The van der Waals surface area contributed by atoms with Crippen LogP contribution in [0.2, 0.25) is 0 Å². The first-order chi connectivity index (χ1) is 15.5. The fraction of sp³-hybridized carbons (Fsp3) is 0.227. The average molecular weight is 437 g/mol. The van der Waals surface area contributed by atoms with Crippen molar-refractivity contribution in [2.45, 2.75) is 25.9 Å². The van der Waals surface area contributed by atoms with E-state index in [9.17, 15) is 19.2 Å². The van der Waals surface area contributed by atoms with Gasteiger partial charge in [-0.25, -0.2) is 14.5 Å². The van der Waals surface area contributed by atoms with E-state index in [1.165, 1.54) is 28.9 Å². The second kappa shape index (κ2) is 8.98. The summed E-state index contributed by atoms with van der Waals surface area (Å²) in [6, 6.07) is 14.3. The molecular weight excluding hydrogens is 416 g/mol. The summed E-state index contributed by atoms with van der Waals surface area (Å²) in [5.41, 5.74) is 1.05. The summed E-state index contributed by atoms with van der Waals surface area (Å²) < 4.78 is 11.3. The molecule has 2 aromatic carbocycles. The van der Waals surface area contributed by atoms with Crippen LogP contribution < -0.4 is 20.5 Å². The number of benzene rings is 2. The van der Waals surface area contributed by atoms with Crippen LogP contribution in [0.15, 0.2) is 63.9 Å². The van der Waals surface area contributed by atoms with Gasteiger partial charge in [0.2, 0.25) is 11.6 Å². The van der Waals surface area contributed by atoms with Crippen LogP contribution in [0, 0.1) is 0 Å². The lowest BCUT2D eigenvalue weighted by Crippen LogP contribution is -2.44. The van der Waals surface area contributed by atoms with Gasteiger partial charge < -0.3 is 4.74 Å². The minimum absolute atomic E-state index is 0.0139. The summed E-state index contributed by atoms with van der Waals surface area (Å²) in [4.78, 5) is 50.4. The Bertz CT molecular complexity index is 1200. The molecule has 0 radical (unpaired) electrons. The molecule has 1 aromatic heterocycles. The van der Waals surface area contributed by atoms with Crippen LogP contribution in [0.4, 0.5) is 5.69 Å². The maximum absolute atomic E-state index is 12.9. The second-order valence-electron chi connectivity index (χ2n) is 7.07. The highest BCUT2D eigenvalue weighted by atomic mass is 16.5. The largest absolute Gasteiger partial charge is 0.462 e. The summed E-state index contributed by atoms with van der Waals surface area (Å²) in [6.07, 6.45) is -0.0560. The van der Waals surface area contributed by atoms with Gasteiger partial charge in [-0.15, -0.1) is 0 Å². The van der Waals surface area contributed by atoms with E-state index < -0.39 is 23.5 Å². The van der Waals surface area contributed by atoms with Crippen molar-refractivity contribution in [1.29, 1.82) is 0 Å². The Morgan fingerprint density at radius 1 is 1.16 bits per heavy atom. The number of hydrogen-bond acceptors (Lipinski definition) is 7. The third-order valence-corrected chi connectivity index (χ3v) is 5.05. The molecular formula is C22H21N4O6+. The highest BCUT2D eigenvalue weighted by Gasteiger charge is 2.40. The molecule has 1 fully saturated rings. The summed E-state index contributed by atoms with van der Waals surface area (Å²) in [5, 5.41) is 5.51. The van der Waals surface area contributed by atoms with Crippen molar-refractivity contribution in [3.63, 3.8) is 0 Å². The molecule has 10 nitrogen and oxygen atoms in total. The summed E-state index contributed by atoms with van der Waals surface area (Å²) >= 11 is 0. The molecule has 1 unspecified atom stereocenters. The zero-order valence-corrected chi connectivity index (χ0v) is 17.2. The fourth-order valence-corrected chi connectivity index (χ4v) is 3.47. The molecule has 2 heterocycles. The number of ether oxygens (including phenoxy) is 1. The number of aromatic nitrogens is 2. The van der Waals surface area contributed by atoms with Gasteiger partial charge in [0.15, 0.2) is 0 Å². The molecule has 1 aliphatic heterocycles. The van der Waals surface area contributed by atoms with Crippen molar-refractivity contribution >= 4 is 23.5 Å². The molecule has 2 amide bonds. The number of esters is 1. The third-order valence-electron chi connectivity index (χ3n) is 5.05. The third kappa shape index (κ3) is 4.08. The SMILES string of the molecule is CCOC(=O)c1ccc(N2C(=O)CC(NCc3c(=O)o[nH][n+]3-c3ccccc3)C2=O)cc1. The van der Waals surface area contributed by atoms with Gasteiger partial charge in [-0.05, 0) is 41.1 Å². The van der Waals surface area contributed by atoms with Gasteiger partial charge in [-0.3, -0.25) is 19.4 Å². The van der Waals surface area contributed by atoms with Crippen molar-refractivity contribution in [3.05, 3.63) is 76.3 Å². The Kier molecular flexibility index (Phi) is 5.95. The van der Waals surface area contributed by atoms with Crippen LogP contribution in [-0.2, 0) is 20.9 Å². The highest BCUT2D eigenvalue weighted by molar-refractivity contribution is 6.22. The summed E-state index contributed by atoms with van der Waals surface area (Å²) in [5.74, 6) is -1.30. The lowest BCUT2D eigenvalue weighted by atomic mass is 10.2. The number of nitrogens with zero attached hydrogens (tertiary/aromatic N) is 2. The zero-order chi connectivity index (χ0) is 22.7. The van der Waals surface area contributed by atoms with Crippen LogP contribution in [0.3, 0.4) is 0 Å². The van der Waals surface area contributed by atoms with Crippen molar-refractivity contribution in [1.82, 2.24) is 10.6 Å². The Labute approximate surface area is 182 Å². The minimum Gasteiger partial charge on any atom is -0.462 e. The van der Waals surface area contributed by atoms with Crippen LogP contribution in [0.1, 0.15) is 29.4 Å². The molecule has 32 heavy (non-hydrogen) atoms. The quantitative estimate of drug-likeness (QED) is 0.319. The van der Waals surface area contributed by atoms with Crippen LogP contribution in [-0.4, -0.2) is 35.7 Å². The number of carbonyl (C=O) groups excluding carboxylic acids is 3. The van der Waals surface area contributed by atoms with E-state index >= 15 is 0 Å². The van der Waals surface area contributed by atoms with Gasteiger partial charge in [-0.2, -0.15) is 0 Å². The Morgan fingerprint density at radius 3 is 2.56 bits per heavy atom. The van der Waals surface area contributed by atoms with Crippen molar-refractivity contribution in [3.8, 4) is 5.69 Å². The van der Waals surface area contributed by atoms with E-state index in [0.29, 0.717) is 16.9 Å². The van der Waals surface area contributed by atoms with Gasteiger partial charge in [0, 0.05) is 12.1 Å². The minimum atomic E-state index is -0.800. The van der Waals surface area contributed by atoms with Crippen molar-refractivity contribution in [2.75, 3.05) is 11.5 Å². The van der Waals surface area contributed by atoms with Crippen molar-refractivity contribution < 1.29 is 28.3 Å². The number of anilines is 1. The number of rotatable bonds is 7. The van der Waals surface area contributed by atoms with Gasteiger partial charge in [0.25, 0.3) is 5.91 Å². The maximum Gasteiger partial charge on any atom is 0.431 e. The molecule has 1 aliphatic rings. The Hall–Kier alpha value is -4.05. The van der Waals surface area contributed by atoms with E-state index in [2.05, 4.69) is 10.6 Å². The number of aromatic amines is 1. The molecule has 0 spiro atoms.